The van der Waals surface area contributed by atoms with Gasteiger partial charge < -0.3 is 15.2 Å². The summed E-state index contributed by atoms with van der Waals surface area (Å²) in [6.07, 6.45) is 6.19. The van der Waals surface area contributed by atoms with Gasteiger partial charge in [-0.15, -0.1) is 24.8 Å². The van der Waals surface area contributed by atoms with Crippen LogP contribution in [0.25, 0.3) is 0 Å². The monoisotopic (exact) mass is 401 g/mol. The molecule has 2 N–H and O–H groups in total. The van der Waals surface area contributed by atoms with Gasteiger partial charge in [0.2, 0.25) is 0 Å². The summed E-state index contributed by atoms with van der Waals surface area (Å²) >= 11 is 0. The molecule has 0 aromatic heterocycles. The zero-order valence-corrected chi connectivity index (χ0v) is 16.9. The Labute approximate surface area is 168 Å². The van der Waals surface area contributed by atoms with Gasteiger partial charge in [0.05, 0.1) is 18.7 Å². The Morgan fingerprint density at radius 3 is 2.42 bits per heavy atom. The third-order valence-corrected chi connectivity index (χ3v) is 5.41. The molecular formula is C19H29Cl2N3O2. The lowest BCUT2D eigenvalue weighted by Crippen LogP contribution is -2.47. The lowest BCUT2D eigenvalue weighted by atomic mass is 9.79. The molecule has 0 bridgehead atoms. The van der Waals surface area contributed by atoms with Crippen molar-refractivity contribution in [2.24, 2.45) is 5.92 Å². The highest BCUT2D eigenvalue weighted by Gasteiger charge is 2.33. The fraction of sp³-hybridized carbons (Fsp3) is 0.632. The van der Waals surface area contributed by atoms with Crippen LogP contribution in [0.15, 0.2) is 12.1 Å². The molecule has 0 spiro atoms. The second-order valence-electron chi connectivity index (χ2n) is 6.86. The lowest BCUT2D eigenvalue weighted by Gasteiger charge is -2.41. The fourth-order valence-corrected chi connectivity index (χ4v) is 4.23. The molecule has 1 aromatic carbocycles. The Kier molecular flexibility index (Phi) is 9.52. The Balaban J connectivity index is 0.00000169. The average Bonchev–Trinajstić information content (AvgIpc) is 2.65. The van der Waals surface area contributed by atoms with E-state index in [0.29, 0.717) is 17.2 Å². The van der Waals surface area contributed by atoms with Gasteiger partial charge in [-0.25, -0.2) is 0 Å². The summed E-state index contributed by atoms with van der Waals surface area (Å²) in [5.41, 5.74) is 1.41. The molecule has 7 heteroatoms. The maximum atomic E-state index is 10.8. The van der Waals surface area contributed by atoms with Crippen molar-refractivity contribution in [1.82, 2.24) is 10.2 Å². The number of phenolic OH excluding ortho intramolecular Hbond substituents is 1. The normalized spacial score (nSPS) is 19.5. The summed E-state index contributed by atoms with van der Waals surface area (Å²) in [5, 5.41) is 23.5. The summed E-state index contributed by atoms with van der Waals surface area (Å²) in [4.78, 5) is 2.47. The molecule has 26 heavy (non-hydrogen) atoms. The van der Waals surface area contributed by atoms with Crippen LogP contribution in [-0.2, 0) is 0 Å². The van der Waals surface area contributed by atoms with Crippen molar-refractivity contribution < 1.29 is 9.84 Å². The molecule has 1 aliphatic heterocycles. The number of rotatable bonds is 4. The minimum Gasteiger partial charge on any atom is -0.504 e. The highest BCUT2D eigenvalue weighted by molar-refractivity contribution is 5.85. The van der Waals surface area contributed by atoms with Crippen LogP contribution in [0.1, 0.15) is 49.3 Å². The zero-order chi connectivity index (χ0) is 16.9. The number of ether oxygens (including phenoxy) is 1. The van der Waals surface area contributed by atoms with Crippen molar-refractivity contribution in [1.29, 1.82) is 5.26 Å². The first-order chi connectivity index (χ1) is 11.7. The van der Waals surface area contributed by atoms with Crippen molar-refractivity contribution in [3.05, 3.63) is 23.3 Å². The maximum absolute atomic E-state index is 10.8. The number of piperazine rings is 1. The van der Waals surface area contributed by atoms with E-state index in [2.05, 4.69) is 16.3 Å². The molecule has 0 amide bonds. The molecule has 3 rings (SSSR count). The van der Waals surface area contributed by atoms with E-state index in [-0.39, 0.29) is 36.6 Å². The summed E-state index contributed by atoms with van der Waals surface area (Å²) in [5.74, 6) is 1.13. The molecule has 1 atom stereocenters. The van der Waals surface area contributed by atoms with Gasteiger partial charge in [-0.05, 0) is 24.8 Å². The fourth-order valence-electron chi connectivity index (χ4n) is 4.23. The van der Waals surface area contributed by atoms with Crippen LogP contribution >= 0.6 is 24.8 Å². The topological polar surface area (TPSA) is 68.5 Å². The third kappa shape index (κ3) is 4.95. The molecule has 5 nitrogen and oxygen atoms in total. The molecule has 0 unspecified atom stereocenters. The molecule has 146 valence electrons. The number of halogens is 2. The summed E-state index contributed by atoms with van der Waals surface area (Å²) in [6.45, 7) is 3.89. The van der Waals surface area contributed by atoms with E-state index in [4.69, 9.17) is 4.74 Å². The van der Waals surface area contributed by atoms with Crippen molar-refractivity contribution in [2.75, 3.05) is 33.3 Å². The van der Waals surface area contributed by atoms with Gasteiger partial charge in [0.1, 0.15) is 0 Å². The average molecular weight is 402 g/mol. The molecule has 1 aliphatic carbocycles. The zero-order valence-electron chi connectivity index (χ0n) is 15.2. The number of benzene rings is 1. The molecule has 1 saturated heterocycles. The number of hydrogen-bond acceptors (Lipinski definition) is 5. The van der Waals surface area contributed by atoms with Crippen LogP contribution in [0.2, 0.25) is 0 Å². The van der Waals surface area contributed by atoms with Crippen LogP contribution in [-0.4, -0.2) is 43.3 Å². The van der Waals surface area contributed by atoms with Crippen LogP contribution < -0.4 is 10.1 Å². The van der Waals surface area contributed by atoms with Gasteiger partial charge in [-0.1, -0.05) is 19.3 Å². The first-order valence-corrected chi connectivity index (χ1v) is 9.00. The van der Waals surface area contributed by atoms with Gasteiger partial charge in [0, 0.05) is 43.9 Å². The third-order valence-electron chi connectivity index (χ3n) is 5.41. The summed E-state index contributed by atoms with van der Waals surface area (Å²) in [7, 11) is 1.54. The van der Waals surface area contributed by atoms with E-state index < -0.39 is 0 Å². The van der Waals surface area contributed by atoms with Gasteiger partial charge in [0.15, 0.2) is 11.5 Å². The number of phenols is 1. The smallest absolute Gasteiger partial charge is 0.162 e. The standard InChI is InChI=1S/C19H27N3O2.2ClH/c1-24-17-12-14(13-20)11-16(19(17)23)18(15-5-3-2-4-6-15)22-9-7-21-8-10-22;;/h11-12,15,18,21,23H,2-10H2,1H3;2*1H/t18-;;/m1../s1. The van der Waals surface area contributed by atoms with E-state index in [9.17, 15) is 10.4 Å². The molecule has 0 radical (unpaired) electrons. The maximum Gasteiger partial charge on any atom is 0.162 e. The lowest BCUT2D eigenvalue weighted by molar-refractivity contribution is 0.101. The van der Waals surface area contributed by atoms with Crippen LogP contribution in [0.3, 0.4) is 0 Å². The van der Waals surface area contributed by atoms with Crippen LogP contribution in [0.4, 0.5) is 0 Å². The van der Waals surface area contributed by atoms with Gasteiger partial charge >= 0.3 is 0 Å². The summed E-state index contributed by atoms with van der Waals surface area (Å²) < 4.78 is 5.32. The van der Waals surface area contributed by atoms with Crippen LogP contribution in [0.5, 0.6) is 11.5 Å². The molecule has 2 fully saturated rings. The predicted molar refractivity (Wildman–Crippen MR) is 108 cm³/mol. The van der Waals surface area contributed by atoms with E-state index in [1.165, 1.54) is 32.1 Å². The van der Waals surface area contributed by atoms with E-state index in [1.807, 2.05) is 6.07 Å². The van der Waals surface area contributed by atoms with E-state index in [1.54, 1.807) is 13.2 Å². The molecule has 1 heterocycles. The Morgan fingerprint density at radius 2 is 1.85 bits per heavy atom. The minimum atomic E-state index is 0. The number of hydrogen-bond donors (Lipinski definition) is 2. The van der Waals surface area contributed by atoms with Crippen molar-refractivity contribution in [3.63, 3.8) is 0 Å². The SMILES string of the molecule is COc1cc(C#N)cc([C@@H](C2CCCCC2)N2CCNCC2)c1O.Cl.Cl. The minimum absolute atomic E-state index is 0. The molecular weight excluding hydrogens is 373 g/mol. The number of methoxy groups -OCH3 is 1. The van der Waals surface area contributed by atoms with Crippen LogP contribution in [0, 0.1) is 17.2 Å². The molecule has 1 saturated carbocycles. The Hall–Kier alpha value is -1.19. The van der Waals surface area contributed by atoms with Gasteiger partial charge in [0.25, 0.3) is 0 Å². The summed E-state index contributed by atoms with van der Waals surface area (Å²) in [6, 6.07) is 5.85. The Bertz CT molecular complexity index is 592. The largest absolute Gasteiger partial charge is 0.504 e. The van der Waals surface area contributed by atoms with E-state index in [0.717, 1.165) is 31.7 Å². The first kappa shape index (κ1) is 22.9. The van der Waals surface area contributed by atoms with Crippen molar-refractivity contribution in [2.45, 2.75) is 38.1 Å². The number of nitriles is 1. The highest BCUT2D eigenvalue weighted by atomic mass is 35.5. The Morgan fingerprint density at radius 1 is 1.19 bits per heavy atom. The van der Waals surface area contributed by atoms with Gasteiger partial charge in [-0.3, -0.25) is 4.90 Å². The van der Waals surface area contributed by atoms with Crippen molar-refractivity contribution >= 4 is 24.8 Å². The second kappa shape index (κ2) is 10.8. The second-order valence-corrected chi connectivity index (χ2v) is 6.86. The van der Waals surface area contributed by atoms with Crippen molar-refractivity contribution in [3.8, 4) is 17.6 Å². The first-order valence-electron chi connectivity index (χ1n) is 9.00. The highest BCUT2D eigenvalue weighted by Crippen LogP contribution is 2.44. The number of nitrogens with zero attached hydrogens (tertiary/aromatic N) is 2. The van der Waals surface area contributed by atoms with Gasteiger partial charge in [-0.2, -0.15) is 5.26 Å². The molecule has 2 aliphatic rings. The quantitative estimate of drug-likeness (QED) is 0.805. The number of aromatic hydroxyl groups is 1. The predicted octanol–water partition coefficient (Wildman–Crippen LogP) is 3.64. The van der Waals surface area contributed by atoms with E-state index >= 15 is 0 Å². The molecule has 1 aromatic rings. The number of nitrogens with one attached hydrogen (secondary N) is 1.